The molecule has 1 saturated heterocycles. The van der Waals surface area contributed by atoms with E-state index in [0.717, 1.165) is 28.7 Å². The van der Waals surface area contributed by atoms with Crippen LogP contribution in [0.4, 0.5) is 5.13 Å². The number of likely N-dealkylation sites (tertiary alicyclic amines) is 1. The first kappa shape index (κ1) is 17.4. The summed E-state index contributed by atoms with van der Waals surface area (Å²) >= 11 is 8.24. The van der Waals surface area contributed by atoms with Crippen molar-refractivity contribution in [3.05, 3.63) is 35.2 Å². The molecule has 1 N–H and O–H groups in total. The van der Waals surface area contributed by atoms with Crippen LogP contribution in [0.3, 0.4) is 0 Å². The molecule has 1 amide bonds. The van der Waals surface area contributed by atoms with E-state index in [0.29, 0.717) is 10.9 Å². The van der Waals surface area contributed by atoms with Gasteiger partial charge in [-0.3, -0.25) is 4.79 Å². The number of hydrogen-bond donors (Lipinski definition) is 1. The average molecular weight is 378 g/mol. The van der Waals surface area contributed by atoms with E-state index in [-0.39, 0.29) is 5.91 Å². The summed E-state index contributed by atoms with van der Waals surface area (Å²) in [5, 5.41) is 5.45. The Morgan fingerprint density at radius 1 is 1.33 bits per heavy atom. The second-order valence-corrected chi connectivity index (χ2v) is 8.17. The van der Waals surface area contributed by atoms with Gasteiger partial charge in [-0.25, -0.2) is 4.98 Å². The fraction of sp³-hybridized carbons (Fsp3) is 0.353. The Labute approximate surface area is 155 Å². The zero-order chi connectivity index (χ0) is 16.9. The summed E-state index contributed by atoms with van der Waals surface area (Å²) < 4.78 is 0.821. The van der Waals surface area contributed by atoms with Crippen LogP contribution in [-0.4, -0.2) is 39.0 Å². The van der Waals surface area contributed by atoms with Crippen LogP contribution < -0.4 is 5.32 Å². The highest BCUT2D eigenvalue weighted by atomic mass is 32.2. The molecule has 3 rings (SSSR count). The van der Waals surface area contributed by atoms with E-state index < -0.39 is 0 Å². The molecule has 0 bridgehead atoms. The minimum absolute atomic E-state index is 0.0636. The van der Waals surface area contributed by atoms with Crippen LogP contribution in [0.5, 0.6) is 0 Å². The number of aryl methyl sites for hydroxylation is 1. The summed E-state index contributed by atoms with van der Waals surface area (Å²) in [6.45, 7) is 4.08. The molecule has 1 aromatic carbocycles. The van der Waals surface area contributed by atoms with Crippen molar-refractivity contribution in [2.24, 2.45) is 0 Å². The van der Waals surface area contributed by atoms with Crippen LogP contribution in [0.1, 0.15) is 18.4 Å². The monoisotopic (exact) mass is 377 g/mol. The van der Waals surface area contributed by atoms with Crippen LogP contribution in [-0.2, 0) is 4.79 Å². The fourth-order valence-electron chi connectivity index (χ4n) is 2.46. The third-order valence-corrected chi connectivity index (χ3v) is 6.07. The molecule has 0 unspecified atom stereocenters. The SMILES string of the molecule is Cc1ccc(-c2csc(NC(=O)CSC(=S)N3CCCC3)n2)cc1. The summed E-state index contributed by atoms with van der Waals surface area (Å²) in [4.78, 5) is 18.7. The van der Waals surface area contributed by atoms with Crippen LogP contribution in [0.15, 0.2) is 29.6 Å². The number of carbonyl (C=O) groups is 1. The lowest BCUT2D eigenvalue weighted by atomic mass is 10.1. The van der Waals surface area contributed by atoms with E-state index in [4.69, 9.17) is 12.2 Å². The molecule has 0 aliphatic carbocycles. The zero-order valence-electron chi connectivity index (χ0n) is 13.4. The molecule has 2 aromatic rings. The third-order valence-electron chi connectivity index (χ3n) is 3.79. The Morgan fingerprint density at radius 2 is 2.04 bits per heavy atom. The molecule has 1 aliphatic rings. The van der Waals surface area contributed by atoms with Crippen molar-refractivity contribution in [3.8, 4) is 11.3 Å². The minimum atomic E-state index is -0.0636. The van der Waals surface area contributed by atoms with Crippen molar-refractivity contribution in [3.63, 3.8) is 0 Å². The maximum atomic E-state index is 12.1. The predicted octanol–water partition coefficient (Wildman–Crippen LogP) is 4.17. The Kier molecular flexibility index (Phi) is 5.86. The van der Waals surface area contributed by atoms with Gasteiger partial charge in [0.15, 0.2) is 5.13 Å². The molecule has 2 heterocycles. The first-order valence-electron chi connectivity index (χ1n) is 7.86. The quantitative estimate of drug-likeness (QED) is 0.810. The van der Waals surface area contributed by atoms with Crippen molar-refractivity contribution in [1.82, 2.24) is 9.88 Å². The van der Waals surface area contributed by atoms with Gasteiger partial charge in [0.2, 0.25) is 5.91 Å². The Hall–Kier alpha value is -1.44. The lowest BCUT2D eigenvalue weighted by Gasteiger charge is -2.17. The van der Waals surface area contributed by atoms with E-state index in [1.54, 1.807) is 0 Å². The fourth-order valence-corrected chi connectivity index (χ4v) is 4.25. The number of anilines is 1. The number of thiazole rings is 1. The second kappa shape index (κ2) is 8.09. The van der Waals surface area contributed by atoms with Gasteiger partial charge in [-0.1, -0.05) is 53.8 Å². The summed E-state index contributed by atoms with van der Waals surface area (Å²) in [6, 6.07) is 8.20. The average Bonchev–Trinajstić information content (AvgIpc) is 3.25. The van der Waals surface area contributed by atoms with E-state index in [1.165, 1.54) is 41.5 Å². The van der Waals surface area contributed by atoms with E-state index in [1.807, 2.05) is 17.5 Å². The Balaban J connectivity index is 1.51. The predicted molar refractivity (Wildman–Crippen MR) is 107 cm³/mol. The Bertz CT molecular complexity index is 721. The van der Waals surface area contributed by atoms with Gasteiger partial charge in [-0.05, 0) is 19.8 Å². The van der Waals surface area contributed by atoms with E-state index >= 15 is 0 Å². The molecule has 0 atom stereocenters. The number of thiocarbonyl (C=S) groups is 1. The number of aromatic nitrogens is 1. The Morgan fingerprint density at radius 3 is 2.75 bits per heavy atom. The molecule has 1 aromatic heterocycles. The molecule has 126 valence electrons. The first-order valence-corrected chi connectivity index (χ1v) is 10.1. The molecule has 24 heavy (non-hydrogen) atoms. The van der Waals surface area contributed by atoms with Crippen molar-refractivity contribution >= 4 is 50.7 Å². The number of benzene rings is 1. The molecular weight excluding hydrogens is 358 g/mol. The van der Waals surface area contributed by atoms with Gasteiger partial charge in [-0.15, -0.1) is 11.3 Å². The summed E-state index contributed by atoms with van der Waals surface area (Å²) in [5.41, 5.74) is 3.16. The number of thioether (sulfide) groups is 1. The first-order chi connectivity index (χ1) is 11.6. The van der Waals surface area contributed by atoms with Gasteiger partial charge >= 0.3 is 0 Å². The minimum Gasteiger partial charge on any atom is -0.358 e. The van der Waals surface area contributed by atoms with Crippen LogP contribution in [0, 0.1) is 6.92 Å². The smallest absolute Gasteiger partial charge is 0.236 e. The normalized spacial score (nSPS) is 14.0. The van der Waals surface area contributed by atoms with Gasteiger partial charge in [0, 0.05) is 24.0 Å². The zero-order valence-corrected chi connectivity index (χ0v) is 15.9. The number of rotatable bonds is 4. The van der Waals surface area contributed by atoms with Gasteiger partial charge in [-0.2, -0.15) is 0 Å². The van der Waals surface area contributed by atoms with Crippen LogP contribution in [0.25, 0.3) is 11.3 Å². The number of nitrogens with one attached hydrogen (secondary N) is 1. The van der Waals surface area contributed by atoms with Gasteiger partial charge in [0.1, 0.15) is 4.32 Å². The van der Waals surface area contributed by atoms with Crippen LogP contribution >= 0.6 is 35.3 Å². The van der Waals surface area contributed by atoms with Crippen molar-refractivity contribution < 1.29 is 4.79 Å². The largest absolute Gasteiger partial charge is 0.358 e. The van der Waals surface area contributed by atoms with Crippen molar-refractivity contribution in [1.29, 1.82) is 0 Å². The van der Waals surface area contributed by atoms with Crippen LogP contribution in [0.2, 0.25) is 0 Å². The summed E-state index contributed by atoms with van der Waals surface area (Å²) in [5.74, 6) is 0.265. The molecule has 4 nitrogen and oxygen atoms in total. The highest BCUT2D eigenvalue weighted by molar-refractivity contribution is 8.23. The maximum absolute atomic E-state index is 12.1. The highest BCUT2D eigenvalue weighted by Crippen LogP contribution is 2.25. The molecule has 0 radical (unpaired) electrons. The standard InChI is InChI=1S/C17H19N3OS3/c1-12-4-6-13(7-5-12)14-10-23-16(18-14)19-15(21)11-24-17(22)20-8-2-3-9-20/h4-7,10H,2-3,8-9,11H2,1H3,(H,18,19,21). The molecule has 0 saturated carbocycles. The molecule has 1 fully saturated rings. The lowest BCUT2D eigenvalue weighted by Crippen LogP contribution is -2.25. The topological polar surface area (TPSA) is 45.2 Å². The number of nitrogens with zero attached hydrogens (tertiary/aromatic N) is 2. The van der Waals surface area contributed by atoms with Gasteiger partial charge in [0.05, 0.1) is 11.4 Å². The van der Waals surface area contributed by atoms with E-state index in [9.17, 15) is 4.79 Å². The van der Waals surface area contributed by atoms with Gasteiger partial charge < -0.3 is 10.2 Å². The second-order valence-electron chi connectivity index (χ2n) is 5.70. The summed E-state index contributed by atoms with van der Waals surface area (Å²) in [7, 11) is 0. The molecule has 0 spiro atoms. The van der Waals surface area contributed by atoms with Crippen molar-refractivity contribution in [2.75, 3.05) is 24.2 Å². The maximum Gasteiger partial charge on any atom is 0.236 e. The number of hydrogen-bond acceptors (Lipinski definition) is 5. The summed E-state index contributed by atoms with van der Waals surface area (Å²) in [6.07, 6.45) is 2.38. The van der Waals surface area contributed by atoms with Gasteiger partial charge in [0.25, 0.3) is 0 Å². The third kappa shape index (κ3) is 4.55. The van der Waals surface area contributed by atoms with Crippen molar-refractivity contribution in [2.45, 2.75) is 19.8 Å². The lowest BCUT2D eigenvalue weighted by molar-refractivity contribution is -0.113. The number of amides is 1. The highest BCUT2D eigenvalue weighted by Gasteiger charge is 2.16. The van der Waals surface area contributed by atoms with E-state index in [2.05, 4.69) is 34.3 Å². The molecule has 1 aliphatic heterocycles. The molecular formula is C17H19N3OS3. The molecule has 7 heteroatoms. The number of carbonyl (C=O) groups excluding carboxylic acids is 1.